The van der Waals surface area contributed by atoms with Gasteiger partial charge in [-0.05, 0) is 42.7 Å². The minimum absolute atomic E-state index is 0.00741. The summed E-state index contributed by atoms with van der Waals surface area (Å²) in [5, 5.41) is 4.34. The number of ether oxygens (including phenoxy) is 1. The third kappa shape index (κ3) is 2.90. The van der Waals surface area contributed by atoms with Crippen molar-refractivity contribution >= 4 is 5.52 Å². The van der Waals surface area contributed by atoms with Gasteiger partial charge < -0.3 is 10.5 Å². The highest BCUT2D eigenvalue weighted by molar-refractivity contribution is 5.54. The Labute approximate surface area is 124 Å². The van der Waals surface area contributed by atoms with Crippen LogP contribution >= 0.6 is 0 Å². The van der Waals surface area contributed by atoms with Gasteiger partial charge in [-0.1, -0.05) is 18.2 Å². The van der Waals surface area contributed by atoms with E-state index in [1.54, 1.807) is 7.11 Å². The summed E-state index contributed by atoms with van der Waals surface area (Å²) in [4.78, 5) is 0. The van der Waals surface area contributed by atoms with Gasteiger partial charge in [0.15, 0.2) is 0 Å². The molecular formula is C17H19N3O. The Morgan fingerprint density at radius 1 is 1.19 bits per heavy atom. The predicted octanol–water partition coefficient (Wildman–Crippen LogP) is 2.98. The van der Waals surface area contributed by atoms with Crippen LogP contribution in [0.3, 0.4) is 0 Å². The summed E-state index contributed by atoms with van der Waals surface area (Å²) in [6, 6.07) is 14.2. The summed E-state index contributed by atoms with van der Waals surface area (Å²) < 4.78 is 7.03. The molecule has 3 aromatic rings. The number of methoxy groups -OCH3 is 1. The highest BCUT2D eigenvalue weighted by Crippen LogP contribution is 2.22. The summed E-state index contributed by atoms with van der Waals surface area (Å²) >= 11 is 0. The molecule has 0 amide bonds. The van der Waals surface area contributed by atoms with Crippen LogP contribution in [0.1, 0.15) is 23.6 Å². The standard InChI is InChI=1S/C17H19N3O/c1-21-14-8-5-13(6-9-14)7-10-16(18)15-12-19-20-11-3-2-4-17(15)20/h2-6,8-9,11-12,16H,7,10,18H2,1H3. The van der Waals surface area contributed by atoms with Gasteiger partial charge in [-0.3, -0.25) is 0 Å². The number of hydrogen-bond acceptors (Lipinski definition) is 3. The Morgan fingerprint density at radius 3 is 2.76 bits per heavy atom. The van der Waals surface area contributed by atoms with Gasteiger partial charge in [0.1, 0.15) is 5.75 Å². The van der Waals surface area contributed by atoms with Gasteiger partial charge in [0.05, 0.1) is 18.8 Å². The molecule has 0 aliphatic carbocycles. The first-order valence-corrected chi connectivity index (χ1v) is 7.08. The monoisotopic (exact) mass is 281 g/mol. The molecule has 2 aromatic heterocycles. The number of hydrogen-bond donors (Lipinski definition) is 1. The fraction of sp³-hybridized carbons (Fsp3) is 0.235. The first kappa shape index (κ1) is 13.6. The van der Waals surface area contributed by atoms with E-state index in [4.69, 9.17) is 10.5 Å². The van der Waals surface area contributed by atoms with E-state index in [0.29, 0.717) is 0 Å². The first-order valence-electron chi connectivity index (χ1n) is 7.08. The van der Waals surface area contributed by atoms with Crippen molar-refractivity contribution in [2.75, 3.05) is 7.11 Å². The van der Waals surface area contributed by atoms with E-state index in [1.807, 2.05) is 41.2 Å². The van der Waals surface area contributed by atoms with Gasteiger partial charge in [-0.15, -0.1) is 0 Å². The zero-order valence-corrected chi connectivity index (χ0v) is 12.1. The lowest BCUT2D eigenvalue weighted by atomic mass is 10.0. The lowest BCUT2D eigenvalue weighted by molar-refractivity contribution is 0.414. The molecule has 4 heteroatoms. The Balaban J connectivity index is 1.69. The topological polar surface area (TPSA) is 52.5 Å². The van der Waals surface area contributed by atoms with Crippen molar-refractivity contribution in [3.05, 3.63) is 66.0 Å². The molecular weight excluding hydrogens is 262 g/mol. The second kappa shape index (κ2) is 5.97. The second-order valence-corrected chi connectivity index (χ2v) is 5.12. The molecule has 4 nitrogen and oxygen atoms in total. The lowest BCUT2D eigenvalue weighted by Gasteiger charge is -2.10. The van der Waals surface area contributed by atoms with Crippen molar-refractivity contribution in [3.8, 4) is 5.75 Å². The molecule has 1 atom stereocenters. The van der Waals surface area contributed by atoms with Crippen molar-refractivity contribution in [3.63, 3.8) is 0 Å². The molecule has 0 spiro atoms. The minimum Gasteiger partial charge on any atom is -0.497 e. The molecule has 21 heavy (non-hydrogen) atoms. The van der Waals surface area contributed by atoms with Crippen LogP contribution in [0.5, 0.6) is 5.75 Å². The molecule has 0 saturated heterocycles. The molecule has 0 fully saturated rings. The van der Waals surface area contributed by atoms with Crippen LogP contribution in [0, 0.1) is 0 Å². The van der Waals surface area contributed by atoms with Gasteiger partial charge in [0.2, 0.25) is 0 Å². The van der Waals surface area contributed by atoms with Crippen molar-refractivity contribution in [2.45, 2.75) is 18.9 Å². The zero-order valence-electron chi connectivity index (χ0n) is 12.1. The fourth-order valence-corrected chi connectivity index (χ4v) is 2.51. The molecule has 108 valence electrons. The molecule has 0 bridgehead atoms. The van der Waals surface area contributed by atoms with E-state index < -0.39 is 0 Å². The molecule has 0 aliphatic rings. The molecule has 3 rings (SSSR count). The summed E-state index contributed by atoms with van der Waals surface area (Å²) in [6.07, 6.45) is 5.64. The molecule has 2 heterocycles. The Morgan fingerprint density at radius 2 is 2.00 bits per heavy atom. The summed E-state index contributed by atoms with van der Waals surface area (Å²) in [5.74, 6) is 0.880. The lowest BCUT2D eigenvalue weighted by Crippen LogP contribution is -2.11. The van der Waals surface area contributed by atoms with Crippen molar-refractivity contribution in [2.24, 2.45) is 5.73 Å². The number of pyridine rings is 1. The highest BCUT2D eigenvalue weighted by Gasteiger charge is 2.12. The van der Waals surface area contributed by atoms with Crippen LogP contribution < -0.4 is 10.5 Å². The van der Waals surface area contributed by atoms with Crippen LogP contribution in [0.25, 0.3) is 5.52 Å². The van der Waals surface area contributed by atoms with E-state index in [-0.39, 0.29) is 6.04 Å². The number of aryl methyl sites for hydroxylation is 1. The molecule has 0 radical (unpaired) electrons. The average Bonchev–Trinajstić information content (AvgIpc) is 2.97. The molecule has 0 aliphatic heterocycles. The maximum absolute atomic E-state index is 6.33. The SMILES string of the molecule is COc1ccc(CCC(N)c2cnn3ccccc23)cc1. The van der Waals surface area contributed by atoms with Gasteiger partial charge >= 0.3 is 0 Å². The number of rotatable bonds is 5. The number of fused-ring (bicyclic) bond motifs is 1. The van der Waals surface area contributed by atoms with E-state index in [9.17, 15) is 0 Å². The van der Waals surface area contributed by atoms with Gasteiger partial charge in [-0.25, -0.2) is 4.52 Å². The molecule has 1 aromatic carbocycles. The van der Waals surface area contributed by atoms with E-state index in [0.717, 1.165) is 29.7 Å². The maximum Gasteiger partial charge on any atom is 0.118 e. The normalized spacial score (nSPS) is 12.5. The van der Waals surface area contributed by atoms with Crippen molar-refractivity contribution < 1.29 is 4.74 Å². The summed E-state index contributed by atoms with van der Waals surface area (Å²) in [5.41, 5.74) is 9.78. The van der Waals surface area contributed by atoms with Crippen molar-refractivity contribution in [1.29, 1.82) is 0 Å². The van der Waals surface area contributed by atoms with Gasteiger partial charge in [0.25, 0.3) is 0 Å². The smallest absolute Gasteiger partial charge is 0.118 e. The van der Waals surface area contributed by atoms with Crippen LogP contribution in [0.15, 0.2) is 54.9 Å². The number of aromatic nitrogens is 2. The van der Waals surface area contributed by atoms with E-state index >= 15 is 0 Å². The summed E-state index contributed by atoms with van der Waals surface area (Å²) in [6.45, 7) is 0. The van der Waals surface area contributed by atoms with E-state index in [2.05, 4.69) is 23.3 Å². The number of nitrogens with two attached hydrogens (primary N) is 1. The minimum atomic E-state index is -0.00741. The largest absolute Gasteiger partial charge is 0.497 e. The van der Waals surface area contributed by atoms with Gasteiger partial charge in [-0.2, -0.15) is 5.10 Å². The average molecular weight is 281 g/mol. The quantitative estimate of drug-likeness (QED) is 0.782. The molecule has 0 saturated carbocycles. The van der Waals surface area contributed by atoms with Crippen LogP contribution in [-0.2, 0) is 6.42 Å². The zero-order chi connectivity index (χ0) is 14.7. The fourth-order valence-electron chi connectivity index (χ4n) is 2.51. The number of nitrogens with zero attached hydrogens (tertiary/aromatic N) is 2. The maximum atomic E-state index is 6.33. The van der Waals surface area contributed by atoms with Crippen molar-refractivity contribution in [1.82, 2.24) is 9.61 Å². The molecule has 1 unspecified atom stereocenters. The van der Waals surface area contributed by atoms with E-state index in [1.165, 1.54) is 5.56 Å². The van der Waals surface area contributed by atoms with Crippen LogP contribution in [0.2, 0.25) is 0 Å². The first-order chi connectivity index (χ1) is 10.3. The molecule has 2 N–H and O–H groups in total. The highest BCUT2D eigenvalue weighted by atomic mass is 16.5. The second-order valence-electron chi connectivity index (χ2n) is 5.12. The Hall–Kier alpha value is -2.33. The summed E-state index contributed by atoms with van der Waals surface area (Å²) in [7, 11) is 1.68. The van der Waals surface area contributed by atoms with Gasteiger partial charge in [0, 0.05) is 17.8 Å². The number of benzene rings is 1. The van der Waals surface area contributed by atoms with Crippen LogP contribution in [-0.4, -0.2) is 16.7 Å². The predicted molar refractivity (Wildman–Crippen MR) is 83.4 cm³/mol. The van der Waals surface area contributed by atoms with Crippen LogP contribution in [0.4, 0.5) is 0 Å². The Kier molecular flexibility index (Phi) is 3.88. The Bertz CT molecular complexity index is 718. The third-order valence-corrected chi connectivity index (χ3v) is 3.76. The third-order valence-electron chi connectivity index (χ3n) is 3.76.